The third-order valence-electron chi connectivity index (χ3n) is 2.18. The van der Waals surface area contributed by atoms with Crippen LogP contribution in [-0.2, 0) is 11.3 Å². The second-order valence-corrected chi connectivity index (χ2v) is 3.86. The van der Waals surface area contributed by atoms with Crippen molar-refractivity contribution in [2.24, 2.45) is 5.73 Å². The molecule has 1 unspecified atom stereocenters. The normalized spacial score (nSPS) is 12.2. The first-order valence-corrected chi connectivity index (χ1v) is 5.29. The summed E-state index contributed by atoms with van der Waals surface area (Å²) in [5.41, 5.74) is 5.28. The molecule has 1 aromatic carbocycles. The van der Waals surface area contributed by atoms with Crippen molar-refractivity contribution >= 4 is 5.69 Å². The molecule has 1 rings (SSSR count). The van der Waals surface area contributed by atoms with E-state index in [0.717, 1.165) is 12.1 Å². The first-order chi connectivity index (χ1) is 8.45. The maximum atomic E-state index is 13.6. The van der Waals surface area contributed by atoms with Gasteiger partial charge in [0.15, 0.2) is 5.75 Å². The van der Waals surface area contributed by atoms with Crippen molar-refractivity contribution in [3.8, 4) is 5.75 Å². The molecule has 0 saturated carbocycles. The molecule has 1 aromatic rings. The van der Waals surface area contributed by atoms with E-state index in [2.05, 4.69) is 0 Å². The Morgan fingerprint density at radius 2 is 2.22 bits per heavy atom. The minimum Gasteiger partial charge on any atom is -0.490 e. The van der Waals surface area contributed by atoms with Gasteiger partial charge in [0.2, 0.25) is 0 Å². The van der Waals surface area contributed by atoms with Gasteiger partial charge in [0.1, 0.15) is 5.82 Å². The summed E-state index contributed by atoms with van der Waals surface area (Å²) in [7, 11) is 1.24. The third kappa shape index (κ3) is 3.64. The molecule has 0 radical (unpaired) electrons. The number of nitro benzene ring substituents is 1. The zero-order chi connectivity index (χ0) is 13.7. The highest BCUT2D eigenvalue weighted by atomic mass is 19.1. The molecule has 0 amide bonds. The van der Waals surface area contributed by atoms with Crippen molar-refractivity contribution < 1.29 is 18.8 Å². The molecule has 0 spiro atoms. The summed E-state index contributed by atoms with van der Waals surface area (Å²) in [5.74, 6) is -0.726. The lowest BCUT2D eigenvalue weighted by atomic mass is 10.2. The minimum absolute atomic E-state index is 0.0712. The van der Waals surface area contributed by atoms with Gasteiger partial charge in [-0.2, -0.15) is 0 Å². The number of rotatable bonds is 6. The summed E-state index contributed by atoms with van der Waals surface area (Å²) in [6.07, 6.45) is 0. The maximum absolute atomic E-state index is 13.6. The fourth-order valence-electron chi connectivity index (χ4n) is 1.36. The van der Waals surface area contributed by atoms with E-state index in [1.54, 1.807) is 6.92 Å². The van der Waals surface area contributed by atoms with Gasteiger partial charge in [-0.1, -0.05) is 0 Å². The van der Waals surface area contributed by atoms with Crippen LogP contribution in [0.2, 0.25) is 0 Å². The fraction of sp³-hybridized carbons (Fsp3) is 0.455. The summed E-state index contributed by atoms with van der Waals surface area (Å²) in [5, 5.41) is 10.8. The quantitative estimate of drug-likeness (QED) is 0.618. The lowest BCUT2D eigenvalue weighted by molar-refractivity contribution is -0.385. The Bertz CT molecular complexity index is 437. The van der Waals surface area contributed by atoms with E-state index in [0.29, 0.717) is 0 Å². The summed E-state index contributed by atoms with van der Waals surface area (Å²) in [6.45, 7) is 1.92. The SMILES string of the molecule is COc1cc(F)c(COCC(C)N)cc1[N+](=O)[O-]. The molecule has 0 fully saturated rings. The number of methoxy groups -OCH3 is 1. The van der Waals surface area contributed by atoms with Crippen molar-refractivity contribution in [2.45, 2.75) is 19.6 Å². The summed E-state index contributed by atoms with van der Waals surface area (Å²) >= 11 is 0. The fourth-order valence-corrected chi connectivity index (χ4v) is 1.36. The number of hydrogen-bond acceptors (Lipinski definition) is 5. The third-order valence-corrected chi connectivity index (χ3v) is 2.18. The second kappa shape index (κ2) is 6.27. The van der Waals surface area contributed by atoms with E-state index in [1.807, 2.05) is 0 Å². The molecule has 0 saturated heterocycles. The number of ether oxygens (including phenoxy) is 2. The molecular formula is C11H15FN2O4. The number of benzene rings is 1. The van der Waals surface area contributed by atoms with Crippen LogP contribution in [0.1, 0.15) is 12.5 Å². The van der Waals surface area contributed by atoms with Crippen LogP contribution < -0.4 is 10.5 Å². The van der Waals surface area contributed by atoms with Gasteiger partial charge in [-0.3, -0.25) is 10.1 Å². The highest BCUT2D eigenvalue weighted by molar-refractivity contribution is 5.49. The van der Waals surface area contributed by atoms with Crippen LogP contribution in [0.3, 0.4) is 0 Å². The van der Waals surface area contributed by atoms with Gasteiger partial charge in [-0.05, 0) is 6.92 Å². The van der Waals surface area contributed by atoms with Gasteiger partial charge in [0.05, 0.1) is 25.2 Å². The summed E-state index contributed by atoms with van der Waals surface area (Å²) in [6, 6.07) is 1.90. The molecule has 0 aliphatic carbocycles. The second-order valence-electron chi connectivity index (χ2n) is 3.86. The van der Waals surface area contributed by atoms with Crippen LogP contribution in [0, 0.1) is 15.9 Å². The number of hydrogen-bond donors (Lipinski definition) is 1. The average molecular weight is 258 g/mol. The molecule has 100 valence electrons. The van der Waals surface area contributed by atoms with Crippen LogP contribution in [0.5, 0.6) is 5.75 Å². The number of nitrogens with zero attached hydrogens (tertiary/aromatic N) is 1. The Morgan fingerprint density at radius 1 is 1.56 bits per heavy atom. The Balaban J connectivity index is 2.91. The highest BCUT2D eigenvalue weighted by Crippen LogP contribution is 2.29. The van der Waals surface area contributed by atoms with Crippen molar-refractivity contribution in [2.75, 3.05) is 13.7 Å². The zero-order valence-electron chi connectivity index (χ0n) is 10.2. The van der Waals surface area contributed by atoms with Gasteiger partial charge in [-0.25, -0.2) is 4.39 Å². The lowest BCUT2D eigenvalue weighted by Crippen LogP contribution is -2.21. The first kappa shape index (κ1) is 14.3. The molecule has 0 aliphatic rings. The summed E-state index contributed by atoms with van der Waals surface area (Å²) in [4.78, 5) is 10.1. The van der Waals surface area contributed by atoms with Crippen molar-refractivity contribution in [1.29, 1.82) is 0 Å². The Labute approximate surface area is 104 Å². The Morgan fingerprint density at radius 3 is 2.72 bits per heavy atom. The Kier molecular flexibility index (Phi) is 4.99. The number of nitrogens with two attached hydrogens (primary N) is 1. The van der Waals surface area contributed by atoms with Crippen LogP contribution >= 0.6 is 0 Å². The first-order valence-electron chi connectivity index (χ1n) is 5.29. The average Bonchev–Trinajstić information content (AvgIpc) is 2.29. The molecule has 0 heterocycles. The molecular weight excluding hydrogens is 243 g/mol. The molecule has 6 nitrogen and oxygen atoms in total. The monoisotopic (exact) mass is 258 g/mol. The van der Waals surface area contributed by atoms with Gasteiger partial charge >= 0.3 is 5.69 Å². The van der Waals surface area contributed by atoms with Crippen LogP contribution in [-0.4, -0.2) is 24.7 Å². The van der Waals surface area contributed by atoms with E-state index in [1.165, 1.54) is 7.11 Å². The van der Waals surface area contributed by atoms with E-state index in [9.17, 15) is 14.5 Å². The van der Waals surface area contributed by atoms with E-state index in [-0.39, 0.29) is 36.3 Å². The van der Waals surface area contributed by atoms with Gasteiger partial charge in [0, 0.05) is 23.7 Å². The maximum Gasteiger partial charge on any atom is 0.311 e. The molecule has 7 heteroatoms. The predicted molar refractivity (Wildman–Crippen MR) is 62.9 cm³/mol. The zero-order valence-corrected chi connectivity index (χ0v) is 10.2. The highest BCUT2D eigenvalue weighted by Gasteiger charge is 2.19. The predicted octanol–water partition coefficient (Wildman–Crippen LogP) is 1.61. The van der Waals surface area contributed by atoms with Crippen molar-refractivity contribution in [3.05, 3.63) is 33.6 Å². The van der Waals surface area contributed by atoms with Crippen LogP contribution in [0.4, 0.5) is 10.1 Å². The molecule has 0 bridgehead atoms. The molecule has 18 heavy (non-hydrogen) atoms. The molecule has 0 aliphatic heterocycles. The van der Waals surface area contributed by atoms with E-state index < -0.39 is 10.7 Å². The standard InChI is InChI=1S/C11H15FN2O4/c1-7(13)5-18-6-8-3-10(14(15)16)11(17-2)4-9(8)12/h3-4,7H,5-6,13H2,1-2H3. The van der Waals surface area contributed by atoms with E-state index in [4.69, 9.17) is 15.2 Å². The largest absolute Gasteiger partial charge is 0.490 e. The van der Waals surface area contributed by atoms with Crippen molar-refractivity contribution in [1.82, 2.24) is 0 Å². The number of nitro groups is 1. The summed E-state index contributed by atoms with van der Waals surface area (Å²) < 4.78 is 23.5. The Hall–Kier alpha value is -1.73. The molecule has 0 aromatic heterocycles. The van der Waals surface area contributed by atoms with Gasteiger partial charge < -0.3 is 15.2 Å². The smallest absolute Gasteiger partial charge is 0.311 e. The van der Waals surface area contributed by atoms with Crippen LogP contribution in [0.25, 0.3) is 0 Å². The van der Waals surface area contributed by atoms with Gasteiger partial charge in [0.25, 0.3) is 0 Å². The molecule has 2 N–H and O–H groups in total. The lowest BCUT2D eigenvalue weighted by Gasteiger charge is -2.09. The van der Waals surface area contributed by atoms with Gasteiger partial charge in [-0.15, -0.1) is 0 Å². The minimum atomic E-state index is -0.632. The molecule has 1 atom stereocenters. The van der Waals surface area contributed by atoms with Crippen molar-refractivity contribution in [3.63, 3.8) is 0 Å². The van der Waals surface area contributed by atoms with E-state index >= 15 is 0 Å². The number of halogens is 1. The van der Waals surface area contributed by atoms with Crippen LogP contribution in [0.15, 0.2) is 12.1 Å². The topological polar surface area (TPSA) is 87.6 Å².